The monoisotopic (exact) mass is 369 g/mol. The molecule has 3 N–H and O–H groups in total. The number of carbonyl (C=O) groups is 3. The fraction of sp³-hybridized carbons (Fsp3) is 0.833. The molecule has 1 saturated heterocycles. The molecule has 0 aromatic rings. The number of nitrogens with one attached hydrogen (secondary N) is 3. The fourth-order valence-corrected chi connectivity index (χ4v) is 2.64. The molecule has 1 heterocycles. The van der Waals surface area contributed by atoms with E-state index < -0.39 is 6.04 Å². The average molecular weight is 370 g/mol. The molecule has 0 saturated carbocycles. The highest BCUT2D eigenvalue weighted by Gasteiger charge is 2.22. The lowest BCUT2D eigenvalue weighted by Gasteiger charge is -2.34. The van der Waals surface area contributed by atoms with Crippen LogP contribution in [0.1, 0.15) is 34.1 Å². The van der Waals surface area contributed by atoms with Crippen LogP contribution in [-0.4, -0.2) is 85.9 Å². The molecule has 0 spiro atoms. The Hall–Kier alpha value is -1.67. The van der Waals surface area contributed by atoms with Crippen molar-refractivity contribution in [2.45, 2.75) is 40.2 Å². The van der Waals surface area contributed by atoms with E-state index in [1.165, 1.54) is 0 Å². The van der Waals surface area contributed by atoms with Gasteiger partial charge in [-0.15, -0.1) is 0 Å². The van der Waals surface area contributed by atoms with E-state index in [0.29, 0.717) is 25.6 Å². The van der Waals surface area contributed by atoms with Gasteiger partial charge in [0.15, 0.2) is 0 Å². The van der Waals surface area contributed by atoms with Crippen molar-refractivity contribution in [1.82, 2.24) is 25.8 Å². The molecule has 0 radical (unpaired) electrons. The van der Waals surface area contributed by atoms with Gasteiger partial charge in [0.25, 0.3) is 0 Å². The van der Waals surface area contributed by atoms with E-state index in [1.54, 1.807) is 6.92 Å². The summed E-state index contributed by atoms with van der Waals surface area (Å²) in [5.41, 5.74) is 0. The van der Waals surface area contributed by atoms with Gasteiger partial charge in [-0.1, -0.05) is 20.8 Å². The van der Waals surface area contributed by atoms with Gasteiger partial charge >= 0.3 is 0 Å². The number of piperazine rings is 1. The molecule has 0 aliphatic carbocycles. The smallest absolute Gasteiger partial charge is 0.242 e. The first kappa shape index (κ1) is 22.4. The highest BCUT2D eigenvalue weighted by atomic mass is 16.2. The van der Waals surface area contributed by atoms with Crippen molar-refractivity contribution in [2.75, 3.05) is 52.4 Å². The molecular weight excluding hydrogens is 334 g/mol. The molecule has 1 aliphatic rings. The summed E-state index contributed by atoms with van der Waals surface area (Å²) in [5, 5.41) is 8.43. The van der Waals surface area contributed by atoms with Gasteiger partial charge in [0.1, 0.15) is 6.04 Å². The topological polar surface area (TPSA) is 93.8 Å². The second-order valence-corrected chi connectivity index (χ2v) is 7.33. The van der Waals surface area contributed by atoms with Gasteiger partial charge in [0.05, 0.1) is 13.1 Å². The summed E-state index contributed by atoms with van der Waals surface area (Å²) in [4.78, 5) is 39.9. The van der Waals surface area contributed by atoms with Gasteiger partial charge in [0.2, 0.25) is 17.7 Å². The number of hydrogen-bond donors (Lipinski definition) is 3. The molecule has 8 nitrogen and oxygen atoms in total. The van der Waals surface area contributed by atoms with Crippen LogP contribution < -0.4 is 16.0 Å². The van der Waals surface area contributed by atoms with Crippen molar-refractivity contribution in [1.29, 1.82) is 0 Å². The minimum absolute atomic E-state index is 0.0526. The third-order valence-electron chi connectivity index (χ3n) is 4.23. The minimum Gasteiger partial charge on any atom is -0.355 e. The van der Waals surface area contributed by atoms with Crippen molar-refractivity contribution in [2.24, 2.45) is 5.92 Å². The maximum absolute atomic E-state index is 12.1. The molecule has 150 valence electrons. The van der Waals surface area contributed by atoms with Crippen molar-refractivity contribution in [3.8, 4) is 0 Å². The fourth-order valence-electron chi connectivity index (χ4n) is 2.64. The van der Waals surface area contributed by atoms with Crippen LogP contribution in [0, 0.1) is 5.92 Å². The van der Waals surface area contributed by atoms with E-state index in [2.05, 4.69) is 39.6 Å². The van der Waals surface area contributed by atoms with Crippen LogP contribution in [0.5, 0.6) is 0 Å². The number of amides is 3. The molecule has 1 fully saturated rings. The zero-order valence-corrected chi connectivity index (χ0v) is 16.6. The second kappa shape index (κ2) is 11.9. The maximum atomic E-state index is 12.1. The SMILES string of the molecule is CCCNC(=O)[C@@H](C)NC(=O)CN1CCN(CC(=O)NCC(C)C)CC1. The lowest BCUT2D eigenvalue weighted by atomic mass is 10.2. The Morgan fingerprint density at radius 2 is 1.42 bits per heavy atom. The van der Waals surface area contributed by atoms with Gasteiger partial charge in [0, 0.05) is 39.3 Å². The van der Waals surface area contributed by atoms with Crippen LogP contribution in [0.2, 0.25) is 0 Å². The summed E-state index contributed by atoms with van der Waals surface area (Å²) < 4.78 is 0. The summed E-state index contributed by atoms with van der Waals surface area (Å²) in [5.74, 6) is 0.197. The zero-order valence-electron chi connectivity index (χ0n) is 16.6. The average Bonchev–Trinajstić information content (AvgIpc) is 2.59. The van der Waals surface area contributed by atoms with Crippen LogP contribution in [0.15, 0.2) is 0 Å². The van der Waals surface area contributed by atoms with Crippen LogP contribution >= 0.6 is 0 Å². The number of rotatable bonds is 10. The summed E-state index contributed by atoms with van der Waals surface area (Å²) in [7, 11) is 0. The summed E-state index contributed by atoms with van der Waals surface area (Å²) in [6.07, 6.45) is 0.867. The summed E-state index contributed by atoms with van der Waals surface area (Å²) >= 11 is 0. The number of nitrogens with zero attached hydrogens (tertiary/aromatic N) is 2. The van der Waals surface area contributed by atoms with Crippen molar-refractivity contribution in [3.05, 3.63) is 0 Å². The normalized spacial score (nSPS) is 17.0. The maximum Gasteiger partial charge on any atom is 0.242 e. The lowest BCUT2D eigenvalue weighted by molar-refractivity contribution is -0.129. The summed E-state index contributed by atoms with van der Waals surface area (Å²) in [6.45, 7) is 12.8. The number of carbonyl (C=O) groups excluding carboxylic acids is 3. The van der Waals surface area contributed by atoms with Gasteiger partial charge in [-0.2, -0.15) is 0 Å². The van der Waals surface area contributed by atoms with Crippen molar-refractivity contribution >= 4 is 17.7 Å². The molecular formula is C18H35N5O3. The van der Waals surface area contributed by atoms with Crippen LogP contribution in [-0.2, 0) is 14.4 Å². The summed E-state index contributed by atoms with van der Waals surface area (Å²) in [6, 6.07) is -0.528. The zero-order chi connectivity index (χ0) is 19.5. The second-order valence-electron chi connectivity index (χ2n) is 7.33. The first-order valence-corrected chi connectivity index (χ1v) is 9.60. The molecule has 1 aliphatic heterocycles. The molecule has 0 unspecified atom stereocenters. The van der Waals surface area contributed by atoms with Crippen LogP contribution in [0.3, 0.4) is 0 Å². The molecule has 3 amide bonds. The Balaban J connectivity index is 2.23. The Labute approximate surface area is 157 Å². The molecule has 26 heavy (non-hydrogen) atoms. The van der Waals surface area contributed by atoms with Crippen molar-refractivity contribution < 1.29 is 14.4 Å². The molecule has 0 bridgehead atoms. The van der Waals surface area contributed by atoms with E-state index in [-0.39, 0.29) is 24.3 Å². The Kier molecular flexibility index (Phi) is 10.2. The standard InChI is InChI=1S/C18H35N5O3/c1-5-6-19-18(26)15(4)21-17(25)13-23-9-7-22(8-10-23)12-16(24)20-11-14(2)3/h14-15H,5-13H2,1-4H3,(H,19,26)(H,20,24)(H,21,25)/t15-/m1/s1. The first-order valence-electron chi connectivity index (χ1n) is 9.60. The van der Waals surface area contributed by atoms with Gasteiger partial charge in [-0.3, -0.25) is 24.2 Å². The minimum atomic E-state index is -0.528. The first-order chi connectivity index (χ1) is 12.3. The van der Waals surface area contributed by atoms with Crippen LogP contribution in [0.4, 0.5) is 0 Å². The van der Waals surface area contributed by atoms with Gasteiger partial charge in [-0.25, -0.2) is 0 Å². The van der Waals surface area contributed by atoms with Crippen LogP contribution in [0.25, 0.3) is 0 Å². The van der Waals surface area contributed by atoms with E-state index in [1.807, 2.05) is 6.92 Å². The molecule has 1 atom stereocenters. The predicted octanol–water partition coefficient (Wildman–Crippen LogP) is -0.593. The molecule has 8 heteroatoms. The van der Waals surface area contributed by atoms with Gasteiger partial charge in [-0.05, 0) is 19.3 Å². The highest BCUT2D eigenvalue weighted by molar-refractivity contribution is 5.87. The third kappa shape index (κ3) is 9.15. The molecule has 0 aromatic carbocycles. The highest BCUT2D eigenvalue weighted by Crippen LogP contribution is 2.01. The Morgan fingerprint density at radius 3 is 1.92 bits per heavy atom. The van der Waals surface area contributed by atoms with E-state index >= 15 is 0 Å². The van der Waals surface area contributed by atoms with Gasteiger partial charge < -0.3 is 16.0 Å². The Bertz CT molecular complexity index is 462. The van der Waals surface area contributed by atoms with E-state index in [0.717, 1.165) is 32.6 Å². The van der Waals surface area contributed by atoms with E-state index in [9.17, 15) is 14.4 Å². The molecule has 0 aromatic heterocycles. The number of hydrogen-bond acceptors (Lipinski definition) is 5. The molecule has 1 rings (SSSR count). The van der Waals surface area contributed by atoms with Crippen molar-refractivity contribution in [3.63, 3.8) is 0 Å². The third-order valence-corrected chi connectivity index (χ3v) is 4.23. The quantitative estimate of drug-likeness (QED) is 0.478. The lowest BCUT2D eigenvalue weighted by Crippen LogP contribution is -2.53. The predicted molar refractivity (Wildman–Crippen MR) is 102 cm³/mol. The Morgan fingerprint density at radius 1 is 0.885 bits per heavy atom. The van der Waals surface area contributed by atoms with E-state index in [4.69, 9.17) is 0 Å². The largest absolute Gasteiger partial charge is 0.355 e.